The summed E-state index contributed by atoms with van der Waals surface area (Å²) >= 11 is 2.64. The maximum absolute atomic E-state index is 12.5. The predicted octanol–water partition coefficient (Wildman–Crippen LogP) is 4.39. The van der Waals surface area contributed by atoms with Crippen LogP contribution in [0.5, 0.6) is 5.75 Å². The molecule has 0 bridgehead atoms. The average Bonchev–Trinajstić information content (AvgIpc) is 3.26. The Bertz CT molecular complexity index is 1100. The summed E-state index contributed by atoms with van der Waals surface area (Å²) in [6.45, 7) is 3.77. The van der Waals surface area contributed by atoms with Crippen molar-refractivity contribution in [2.45, 2.75) is 30.4 Å². The number of carbonyl (C=O) groups excluding carboxylic acids is 3. The second-order valence-electron chi connectivity index (χ2n) is 7.05. The van der Waals surface area contributed by atoms with E-state index in [1.807, 2.05) is 30.3 Å². The second-order valence-corrected chi connectivity index (χ2v) is 9.32. The number of ether oxygens (including phenoxy) is 2. The number of thiazole rings is 1. The SMILES string of the molecule is CCOC(=O)Cc1csc(NC(=O)C(C)Sc2ccc(NC(=O)COc3ccccc3)cc2)n1. The van der Waals surface area contributed by atoms with Gasteiger partial charge in [-0.25, -0.2) is 4.98 Å². The number of hydrogen-bond acceptors (Lipinski definition) is 8. The first-order valence-corrected chi connectivity index (χ1v) is 12.3. The van der Waals surface area contributed by atoms with E-state index in [9.17, 15) is 14.4 Å². The normalized spacial score (nSPS) is 11.4. The van der Waals surface area contributed by atoms with Crippen LogP contribution < -0.4 is 15.4 Å². The maximum atomic E-state index is 12.5. The van der Waals surface area contributed by atoms with Crippen molar-refractivity contribution in [3.05, 3.63) is 65.7 Å². The third-order valence-corrected chi connectivity index (χ3v) is 6.26. The number of esters is 1. The van der Waals surface area contributed by atoms with Crippen LogP contribution in [0.4, 0.5) is 10.8 Å². The van der Waals surface area contributed by atoms with Gasteiger partial charge in [-0.1, -0.05) is 18.2 Å². The summed E-state index contributed by atoms with van der Waals surface area (Å²) in [5.74, 6) is -0.178. The molecule has 0 aliphatic carbocycles. The van der Waals surface area contributed by atoms with Gasteiger partial charge in [-0.05, 0) is 50.2 Å². The summed E-state index contributed by atoms with van der Waals surface area (Å²) in [7, 11) is 0. The molecule has 0 saturated carbocycles. The molecule has 1 aromatic heterocycles. The summed E-state index contributed by atoms with van der Waals surface area (Å²) in [4.78, 5) is 41.3. The minimum Gasteiger partial charge on any atom is -0.484 e. The number of nitrogens with one attached hydrogen (secondary N) is 2. The number of benzene rings is 2. The van der Waals surface area contributed by atoms with Crippen molar-refractivity contribution >= 4 is 51.7 Å². The summed E-state index contributed by atoms with van der Waals surface area (Å²) in [6.07, 6.45) is 0.0752. The first kappa shape index (κ1) is 25.3. The van der Waals surface area contributed by atoms with E-state index in [1.54, 1.807) is 43.5 Å². The van der Waals surface area contributed by atoms with Crippen LogP contribution in [-0.4, -0.2) is 41.2 Å². The average molecular weight is 500 g/mol. The fraction of sp³-hybridized carbons (Fsp3) is 0.250. The smallest absolute Gasteiger partial charge is 0.311 e. The molecule has 178 valence electrons. The van der Waals surface area contributed by atoms with Crippen LogP contribution in [0.3, 0.4) is 0 Å². The number of hydrogen-bond donors (Lipinski definition) is 2. The van der Waals surface area contributed by atoms with Gasteiger partial charge in [-0.15, -0.1) is 23.1 Å². The molecule has 3 aromatic rings. The minimum absolute atomic E-state index is 0.0752. The molecule has 10 heteroatoms. The van der Waals surface area contributed by atoms with Crippen LogP contribution in [0.15, 0.2) is 64.9 Å². The first-order valence-electron chi connectivity index (χ1n) is 10.6. The molecule has 1 heterocycles. The molecular formula is C24H25N3O5S2. The van der Waals surface area contributed by atoms with Crippen LogP contribution in [0.25, 0.3) is 0 Å². The van der Waals surface area contributed by atoms with Gasteiger partial charge < -0.3 is 20.1 Å². The number of thioether (sulfide) groups is 1. The molecule has 8 nitrogen and oxygen atoms in total. The molecule has 0 aliphatic rings. The predicted molar refractivity (Wildman–Crippen MR) is 133 cm³/mol. The lowest BCUT2D eigenvalue weighted by molar-refractivity contribution is -0.142. The molecule has 0 spiro atoms. The Hall–Kier alpha value is -3.37. The summed E-state index contributed by atoms with van der Waals surface area (Å²) in [5.41, 5.74) is 1.20. The minimum atomic E-state index is -0.378. The molecule has 0 aliphatic heterocycles. The van der Waals surface area contributed by atoms with E-state index in [1.165, 1.54) is 23.1 Å². The number of nitrogens with zero attached hydrogens (tertiary/aromatic N) is 1. The van der Waals surface area contributed by atoms with E-state index in [2.05, 4.69) is 15.6 Å². The van der Waals surface area contributed by atoms with Gasteiger partial charge in [-0.2, -0.15) is 0 Å². The Balaban J connectivity index is 1.44. The number of para-hydroxylation sites is 1. The standard InChI is InChI=1S/C24H25N3O5S2/c1-3-31-22(29)13-18-15-33-24(26-18)27-23(30)16(2)34-20-11-9-17(10-12-20)25-21(28)14-32-19-7-5-4-6-8-19/h4-12,15-16H,3,13-14H2,1-2H3,(H,25,28)(H,26,27,30). The van der Waals surface area contributed by atoms with E-state index >= 15 is 0 Å². The van der Waals surface area contributed by atoms with E-state index < -0.39 is 0 Å². The molecule has 34 heavy (non-hydrogen) atoms. The number of aromatic nitrogens is 1. The Kier molecular flexibility index (Phi) is 9.48. The van der Waals surface area contributed by atoms with Crippen molar-refractivity contribution in [1.82, 2.24) is 4.98 Å². The van der Waals surface area contributed by atoms with Gasteiger partial charge in [0.25, 0.3) is 5.91 Å². The van der Waals surface area contributed by atoms with Crippen LogP contribution >= 0.6 is 23.1 Å². The topological polar surface area (TPSA) is 107 Å². The number of carbonyl (C=O) groups is 3. The summed E-state index contributed by atoms with van der Waals surface area (Å²) in [6, 6.07) is 16.3. The van der Waals surface area contributed by atoms with Gasteiger partial charge in [0, 0.05) is 16.0 Å². The molecule has 1 atom stereocenters. The Morgan fingerprint density at radius 1 is 1.06 bits per heavy atom. The zero-order valence-corrected chi connectivity index (χ0v) is 20.4. The summed E-state index contributed by atoms with van der Waals surface area (Å²) in [5, 5.41) is 7.34. The van der Waals surface area contributed by atoms with Crippen LogP contribution in [-0.2, 0) is 25.5 Å². The van der Waals surface area contributed by atoms with Gasteiger partial charge in [-0.3, -0.25) is 14.4 Å². The van der Waals surface area contributed by atoms with Crippen molar-refractivity contribution in [2.24, 2.45) is 0 Å². The van der Waals surface area contributed by atoms with E-state index in [-0.39, 0.29) is 36.1 Å². The third kappa shape index (κ3) is 8.20. The maximum Gasteiger partial charge on any atom is 0.311 e. The highest BCUT2D eigenvalue weighted by atomic mass is 32.2. The highest BCUT2D eigenvalue weighted by Gasteiger charge is 2.17. The molecule has 2 amide bonds. The van der Waals surface area contributed by atoms with E-state index in [4.69, 9.17) is 9.47 Å². The Morgan fingerprint density at radius 2 is 1.79 bits per heavy atom. The Morgan fingerprint density at radius 3 is 2.50 bits per heavy atom. The lowest BCUT2D eigenvalue weighted by atomic mass is 10.3. The van der Waals surface area contributed by atoms with Crippen LogP contribution in [0.2, 0.25) is 0 Å². The molecule has 3 rings (SSSR count). The number of anilines is 2. The first-order chi connectivity index (χ1) is 16.4. The van der Waals surface area contributed by atoms with E-state index in [0.29, 0.717) is 28.9 Å². The van der Waals surface area contributed by atoms with Crippen molar-refractivity contribution in [3.8, 4) is 5.75 Å². The summed E-state index contributed by atoms with van der Waals surface area (Å²) < 4.78 is 10.3. The third-order valence-electron chi connectivity index (χ3n) is 4.35. The Labute approximate surface area is 206 Å². The largest absolute Gasteiger partial charge is 0.484 e. The number of amides is 2. The molecule has 0 radical (unpaired) electrons. The van der Waals surface area contributed by atoms with E-state index in [0.717, 1.165) is 4.90 Å². The fourth-order valence-electron chi connectivity index (χ4n) is 2.75. The molecule has 2 aromatic carbocycles. The quantitative estimate of drug-likeness (QED) is 0.298. The van der Waals surface area contributed by atoms with Gasteiger partial charge in [0.05, 0.1) is 24.0 Å². The molecule has 2 N–H and O–H groups in total. The zero-order valence-electron chi connectivity index (χ0n) is 18.8. The van der Waals surface area contributed by atoms with Crippen molar-refractivity contribution < 1.29 is 23.9 Å². The highest BCUT2D eigenvalue weighted by Crippen LogP contribution is 2.26. The lowest BCUT2D eigenvalue weighted by Gasteiger charge is -2.11. The fourth-order valence-corrected chi connectivity index (χ4v) is 4.33. The van der Waals surface area contributed by atoms with Crippen LogP contribution in [0.1, 0.15) is 19.5 Å². The van der Waals surface area contributed by atoms with Gasteiger partial charge >= 0.3 is 5.97 Å². The number of rotatable bonds is 11. The van der Waals surface area contributed by atoms with Crippen molar-refractivity contribution in [3.63, 3.8) is 0 Å². The molecular weight excluding hydrogens is 474 g/mol. The molecule has 0 fully saturated rings. The van der Waals surface area contributed by atoms with Crippen LogP contribution in [0, 0.1) is 0 Å². The van der Waals surface area contributed by atoms with Gasteiger partial charge in [0.1, 0.15) is 5.75 Å². The zero-order chi connectivity index (χ0) is 24.3. The van der Waals surface area contributed by atoms with Crippen molar-refractivity contribution in [1.29, 1.82) is 0 Å². The second kappa shape index (κ2) is 12.8. The molecule has 0 saturated heterocycles. The van der Waals surface area contributed by atoms with Gasteiger partial charge in [0.15, 0.2) is 11.7 Å². The molecule has 1 unspecified atom stereocenters. The monoisotopic (exact) mass is 499 g/mol. The van der Waals surface area contributed by atoms with Crippen molar-refractivity contribution in [2.75, 3.05) is 23.8 Å². The van der Waals surface area contributed by atoms with Gasteiger partial charge in [0.2, 0.25) is 5.91 Å². The lowest BCUT2D eigenvalue weighted by Crippen LogP contribution is -2.22. The highest BCUT2D eigenvalue weighted by molar-refractivity contribution is 8.00.